The SMILES string of the molecule is Cc1nnn(Cc2cc(Cl)ccc2C=CC(=O)N(C)CC2CC(=O)N(C(C)(C)C)C2)n1. The molecule has 2 heterocycles. The first kappa shape index (κ1) is 22.9. The summed E-state index contributed by atoms with van der Waals surface area (Å²) in [5.74, 6) is 0.766. The number of amides is 2. The lowest BCUT2D eigenvalue weighted by Crippen LogP contribution is -2.42. The predicted molar refractivity (Wildman–Crippen MR) is 119 cm³/mol. The molecule has 9 heteroatoms. The predicted octanol–water partition coefficient (Wildman–Crippen LogP) is 2.80. The summed E-state index contributed by atoms with van der Waals surface area (Å²) in [4.78, 5) is 30.0. The minimum atomic E-state index is -0.198. The molecule has 3 rings (SSSR count). The molecule has 0 bridgehead atoms. The van der Waals surface area contributed by atoms with Gasteiger partial charge in [0.25, 0.3) is 0 Å². The molecule has 0 aliphatic carbocycles. The third kappa shape index (κ3) is 5.91. The Morgan fingerprint density at radius 1 is 1.35 bits per heavy atom. The summed E-state index contributed by atoms with van der Waals surface area (Å²) in [6.45, 7) is 9.49. The van der Waals surface area contributed by atoms with Crippen LogP contribution in [0, 0.1) is 12.8 Å². The van der Waals surface area contributed by atoms with E-state index in [4.69, 9.17) is 11.6 Å². The fourth-order valence-corrected chi connectivity index (χ4v) is 3.93. The molecule has 1 atom stereocenters. The first-order valence-corrected chi connectivity index (χ1v) is 10.7. The van der Waals surface area contributed by atoms with Crippen LogP contribution in [0.1, 0.15) is 44.1 Å². The quantitative estimate of drug-likeness (QED) is 0.639. The first-order chi connectivity index (χ1) is 14.5. The number of aromatic nitrogens is 4. The van der Waals surface area contributed by atoms with Crippen LogP contribution in [0.15, 0.2) is 24.3 Å². The second-order valence-electron chi connectivity index (χ2n) is 9.01. The Bertz CT molecular complexity index is 994. The highest BCUT2D eigenvalue weighted by Gasteiger charge is 2.36. The van der Waals surface area contributed by atoms with Gasteiger partial charge in [-0.25, -0.2) is 0 Å². The van der Waals surface area contributed by atoms with E-state index < -0.39 is 0 Å². The molecule has 2 amide bonds. The molecule has 0 saturated carbocycles. The number of nitrogens with zero attached hydrogens (tertiary/aromatic N) is 6. The van der Waals surface area contributed by atoms with Crippen LogP contribution >= 0.6 is 11.6 Å². The van der Waals surface area contributed by atoms with Gasteiger partial charge in [-0.3, -0.25) is 9.59 Å². The van der Waals surface area contributed by atoms with Crippen LogP contribution in [-0.2, 0) is 16.1 Å². The Labute approximate surface area is 187 Å². The van der Waals surface area contributed by atoms with Gasteiger partial charge in [0, 0.05) is 49.1 Å². The number of hydrogen-bond acceptors (Lipinski definition) is 5. The summed E-state index contributed by atoms with van der Waals surface area (Å²) in [6.07, 6.45) is 3.80. The van der Waals surface area contributed by atoms with E-state index >= 15 is 0 Å². The number of likely N-dealkylation sites (N-methyl/N-ethyl adjacent to an activating group) is 1. The van der Waals surface area contributed by atoms with E-state index in [1.807, 2.05) is 37.8 Å². The van der Waals surface area contributed by atoms with Gasteiger partial charge in [-0.2, -0.15) is 4.80 Å². The largest absolute Gasteiger partial charge is 0.342 e. The number of tetrazole rings is 1. The number of halogens is 1. The molecule has 0 N–H and O–H groups in total. The zero-order valence-electron chi connectivity index (χ0n) is 18.7. The number of hydrogen-bond donors (Lipinski definition) is 0. The summed E-state index contributed by atoms with van der Waals surface area (Å²) >= 11 is 6.16. The van der Waals surface area contributed by atoms with Crippen molar-refractivity contribution in [1.82, 2.24) is 30.0 Å². The van der Waals surface area contributed by atoms with E-state index in [1.54, 1.807) is 37.1 Å². The lowest BCUT2D eigenvalue weighted by Gasteiger charge is -2.32. The van der Waals surface area contributed by atoms with E-state index in [0.29, 0.717) is 36.9 Å². The molecule has 1 unspecified atom stereocenters. The topological polar surface area (TPSA) is 84.2 Å². The third-order valence-electron chi connectivity index (χ3n) is 5.30. The minimum Gasteiger partial charge on any atom is -0.342 e. The van der Waals surface area contributed by atoms with Gasteiger partial charge in [-0.05, 0) is 62.2 Å². The summed E-state index contributed by atoms with van der Waals surface area (Å²) < 4.78 is 0. The van der Waals surface area contributed by atoms with Gasteiger partial charge in [0.15, 0.2) is 5.82 Å². The number of carbonyl (C=O) groups is 2. The van der Waals surface area contributed by atoms with Crippen LogP contribution in [0.2, 0.25) is 5.02 Å². The fourth-order valence-electron chi connectivity index (χ4n) is 3.73. The molecule has 8 nitrogen and oxygen atoms in total. The van der Waals surface area contributed by atoms with Gasteiger partial charge >= 0.3 is 0 Å². The van der Waals surface area contributed by atoms with Crippen molar-refractivity contribution < 1.29 is 9.59 Å². The number of carbonyl (C=O) groups excluding carboxylic acids is 2. The zero-order valence-corrected chi connectivity index (χ0v) is 19.4. The molecule has 31 heavy (non-hydrogen) atoms. The summed E-state index contributed by atoms with van der Waals surface area (Å²) in [5.41, 5.74) is 1.55. The van der Waals surface area contributed by atoms with Crippen LogP contribution in [0.5, 0.6) is 0 Å². The third-order valence-corrected chi connectivity index (χ3v) is 5.53. The van der Waals surface area contributed by atoms with Crippen LogP contribution < -0.4 is 0 Å². The van der Waals surface area contributed by atoms with Crippen molar-refractivity contribution >= 4 is 29.5 Å². The average molecular weight is 445 g/mol. The normalized spacial score (nSPS) is 17.0. The monoisotopic (exact) mass is 444 g/mol. The molecular formula is C22H29ClN6O2. The van der Waals surface area contributed by atoms with Crippen molar-refractivity contribution in [1.29, 1.82) is 0 Å². The number of benzene rings is 1. The smallest absolute Gasteiger partial charge is 0.246 e. The maximum absolute atomic E-state index is 12.7. The van der Waals surface area contributed by atoms with Gasteiger partial charge in [0.05, 0.1) is 6.54 Å². The van der Waals surface area contributed by atoms with Crippen molar-refractivity contribution in [3.8, 4) is 0 Å². The Balaban J connectivity index is 1.65. The van der Waals surface area contributed by atoms with Crippen molar-refractivity contribution in [3.05, 3.63) is 46.2 Å². The van der Waals surface area contributed by atoms with Crippen LogP contribution in [0.3, 0.4) is 0 Å². The maximum Gasteiger partial charge on any atom is 0.246 e. The highest BCUT2D eigenvalue weighted by Crippen LogP contribution is 2.26. The molecule has 1 fully saturated rings. The minimum absolute atomic E-state index is 0.114. The standard InChI is InChI=1S/C22H29ClN6O2/c1-15-24-26-29(25-15)14-18-11-19(23)8-6-17(18)7-9-20(30)27(5)12-16-10-21(31)28(13-16)22(2,3)4/h6-9,11,16H,10,12-14H2,1-5H3. The molecule has 1 aromatic heterocycles. The molecule has 0 spiro atoms. The van der Waals surface area contributed by atoms with E-state index in [0.717, 1.165) is 11.1 Å². The summed E-state index contributed by atoms with van der Waals surface area (Å²) in [5, 5.41) is 12.7. The average Bonchev–Trinajstić information content (AvgIpc) is 3.25. The van der Waals surface area contributed by atoms with Crippen molar-refractivity contribution in [2.45, 2.75) is 46.2 Å². The van der Waals surface area contributed by atoms with Crippen molar-refractivity contribution in [2.24, 2.45) is 5.92 Å². The molecule has 1 saturated heterocycles. The lowest BCUT2D eigenvalue weighted by atomic mass is 10.1. The van der Waals surface area contributed by atoms with Gasteiger partial charge in [-0.1, -0.05) is 17.7 Å². The van der Waals surface area contributed by atoms with Crippen LogP contribution in [-0.4, -0.2) is 67.5 Å². The number of rotatable bonds is 6. The van der Waals surface area contributed by atoms with Crippen LogP contribution in [0.4, 0.5) is 0 Å². The Hall–Kier alpha value is -2.74. The first-order valence-electron chi connectivity index (χ1n) is 10.3. The Morgan fingerprint density at radius 2 is 2.10 bits per heavy atom. The van der Waals surface area contributed by atoms with E-state index in [-0.39, 0.29) is 23.3 Å². The van der Waals surface area contributed by atoms with E-state index in [2.05, 4.69) is 15.4 Å². The van der Waals surface area contributed by atoms with E-state index in [9.17, 15) is 9.59 Å². The van der Waals surface area contributed by atoms with Crippen molar-refractivity contribution in [3.63, 3.8) is 0 Å². The summed E-state index contributed by atoms with van der Waals surface area (Å²) in [6, 6.07) is 5.48. The zero-order chi connectivity index (χ0) is 22.8. The molecule has 2 aromatic rings. The molecule has 1 aliphatic rings. The highest BCUT2D eigenvalue weighted by molar-refractivity contribution is 6.30. The number of likely N-dealkylation sites (tertiary alicyclic amines) is 1. The van der Waals surface area contributed by atoms with Gasteiger partial charge in [0.1, 0.15) is 0 Å². The van der Waals surface area contributed by atoms with Crippen LogP contribution in [0.25, 0.3) is 6.08 Å². The second-order valence-corrected chi connectivity index (χ2v) is 9.44. The van der Waals surface area contributed by atoms with Gasteiger partial charge in [0.2, 0.25) is 11.8 Å². The summed E-state index contributed by atoms with van der Waals surface area (Å²) in [7, 11) is 1.77. The lowest BCUT2D eigenvalue weighted by molar-refractivity contribution is -0.131. The van der Waals surface area contributed by atoms with Gasteiger partial charge < -0.3 is 9.80 Å². The molecule has 0 radical (unpaired) electrons. The Morgan fingerprint density at radius 3 is 2.71 bits per heavy atom. The maximum atomic E-state index is 12.7. The second kappa shape index (κ2) is 9.18. The fraction of sp³-hybridized carbons (Fsp3) is 0.500. The highest BCUT2D eigenvalue weighted by atomic mass is 35.5. The molecule has 1 aromatic carbocycles. The molecule has 166 valence electrons. The Kier molecular flexibility index (Phi) is 6.79. The van der Waals surface area contributed by atoms with Crippen molar-refractivity contribution in [2.75, 3.05) is 20.1 Å². The number of aryl methyl sites for hydroxylation is 1. The molecule has 1 aliphatic heterocycles. The molecular weight excluding hydrogens is 416 g/mol. The van der Waals surface area contributed by atoms with E-state index in [1.165, 1.54) is 4.80 Å². The van der Waals surface area contributed by atoms with Gasteiger partial charge in [-0.15, -0.1) is 10.2 Å².